The van der Waals surface area contributed by atoms with Crippen LogP contribution >= 0.6 is 0 Å². The van der Waals surface area contributed by atoms with Crippen LogP contribution in [-0.4, -0.2) is 26.0 Å². The molecule has 4 rings (SSSR count). The fourth-order valence-corrected chi connectivity index (χ4v) is 3.64. The van der Waals surface area contributed by atoms with E-state index in [2.05, 4.69) is 60.0 Å². The molecule has 2 aromatic carbocycles. The van der Waals surface area contributed by atoms with E-state index in [0.29, 0.717) is 5.69 Å². The van der Waals surface area contributed by atoms with Gasteiger partial charge < -0.3 is 14.8 Å². The SMILES string of the molecule is CC(C)(C)c1ccc(-c2ccc(Cc3nc(C(=O)O)c(OCc4ccccc4)c(=O)[nH]3)nc2)cc1. The normalized spacial score (nSPS) is 11.3. The molecule has 7 nitrogen and oxygen atoms in total. The number of H-pyrrole nitrogens is 1. The van der Waals surface area contributed by atoms with Crippen molar-refractivity contribution in [3.05, 3.63) is 112 Å². The second-order valence-electron chi connectivity index (χ2n) is 9.31. The predicted octanol–water partition coefficient (Wildman–Crippen LogP) is 5.00. The molecule has 0 radical (unpaired) electrons. The highest BCUT2D eigenvalue weighted by atomic mass is 16.5. The number of nitrogens with one attached hydrogen (secondary N) is 1. The third-order valence-corrected chi connectivity index (χ3v) is 5.61. The summed E-state index contributed by atoms with van der Waals surface area (Å²) in [6.07, 6.45) is 1.94. The van der Waals surface area contributed by atoms with Crippen LogP contribution in [0.2, 0.25) is 0 Å². The summed E-state index contributed by atoms with van der Waals surface area (Å²) in [4.78, 5) is 35.6. The Kier molecular flexibility index (Phi) is 6.78. The highest BCUT2D eigenvalue weighted by molar-refractivity contribution is 5.88. The van der Waals surface area contributed by atoms with E-state index >= 15 is 0 Å². The van der Waals surface area contributed by atoms with E-state index < -0.39 is 17.2 Å². The predicted molar refractivity (Wildman–Crippen MR) is 134 cm³/mol. The number of benzene rings is 2. The number of hydrogen-bond donors (Lipinski definition) is 2. The third-order valence-electron chi connectivity index (χ3n) is 5.61. The summed E-state index contributed by atoms with van der Waals surface area (Å²) in [5.74, 6) is -1.44. The van der Waals surface area contributed by atoms with Crippen LogP contribution in [0.3, 0.4) is 0 Å². The Morgan fingerprint density at radius 1 is 0.971 bits per heavy atom. The van der Waals surface area contributed by atoms with Crippen LogP contribution in [0.4, 0.5) is 0 Å². The topological polar surface area (TPSA) is 105 Å². The summed E-state index contributed by atoms with van der Waals surface area (Å²) in [5.41, 5.74) is 3.76. The zero-order valence-corrected chi connectivity index (χ0v) is 19.9. The number of pyridine rings is 1. The molecular formula is C28H27N3O4. The molecule has 0 atom stereocenters. The Labute approximate surface area is 203 Å². The molecule has 0 aliphatic rings. The number of carboxylic acid groups (broad SMARTS) is 1. The lowest BCUT2D eigenvalue weighted by atomic mass is 9.86. The highest BCUT2D eigenvalue weighted by Gasteiger charge is 2.20. The van der Waals surface area contributed by atoms with Gasteiger partial charge in [-0.2, -0.15) is 0 Å². The summed E-state index contributed by atoms with van der Waals surface area (Å²) in [7, 11) is 0. The molecule has 35 heavy (non-hydrogen) atoms. The number of aromatic carboxylic acids is 1. The van der Waals surface area contributed by atoms with Crippen molar-refractivity contribution in [2.75, 3.05) is 0 Å². The second kappa shape index (κ2) is 9.93. The lowest BCUT2D eigenvalue weighted by Gasteiger charge is -2.19. The molecule has 0 spiro atoms. The van der Waals surface area contributed by atoms with Crippen molar-refractivity contribution in [2.45, 2.75) is 39.2 Å². The van der Waals surface area contributed by atoms with E-state index in [1.807, 2.05) is 42.5 Å². The number of ether oxygens (including phenoxy) is 1. The van der Waals surface area contributed by atoms with Gasteiger partial charge in [0.15, 0.2) is 5.69 Å². The van der Waals surface area contributed by atoms with Gasteiger partial charge >= 0.3 is 5.97 Å². The van der Waals surface area contributed by atoms with Crippen molar-refractivity contribution in [1.82, 2.24) is 15.0 Å². The van der Waals surface area contributed by atoms with Crippen molar-refractivity contribution >= 4 is 5.97 Å². The summed E-state index contributed by atoms with van der Waals surface area (Å²) in [6, 6.07) is 21.3. The molecule has 0 saturated carbocycles. The number of carbonyl (C=O) groups is 1. The van der Waals surface area contributed by atoms with Crippen molar-refractivity contribution in [3.8, 4) is 16.9 Å². The van der Waals surface area contributed by atoms with Crippen LogP contribution in [0.15, 0.2) is 77.7 Å². The first-order chi connectivity index (χ1) is 16.7. The summed E-state index contributed by atoms with van der Waals surface area (Å²) >= 11 is 0. The van der Waals surface area contributed by atoms with Gasteiger partial charge in [-0.3, -0.25) is 9.78 Å². The van der Waals surface area contributed by atoms with Gasteiger partial charge in [-0.25, -0.2) is 9.78 Å². The molecule has 0 fully saturated rings. The zero-order chi connectivity index (χ0) is 25.0. The van der Waals surface area contributed by atoms with E-state index in [1.54, 1.807) is 6.20 Å². The van der Waals surface area contributed by atoms with Gasteiger partial charge in [0.05, 0.1) is 0 Å². The maximum absolute atomic E-state index is 12.6. The van der Waals surface area contributed by atoms with Crippen LogP contribution < -0.4 is 10.3 Å². The van der Waals surface area contributed by atoms with Crippen molar-refractivity contribution in [3.63, 3.8) is 0 Å². The van der Waals surface area contributed by atoms with E-state index in [0.717, 1.165) is 16.7 Å². The number of hydrogen-bond acceptors (Lipinski definition) is 5. The van der Waals surface area contributed by atoms with Crippen LogP contribution in [0.5, 0.6) is 5.75 Å². The average molecular weight is 470 g/mol. The maximum atomic E-state index is 12.6. The Bertz CT molecular complexity index is 1370. The minimum atomic E-state index is -1.33. The first-order valence-corrected chi connectivity index (χ1v) is 11.3. The van der Waals surface area contributed by atoms with Crippen LogP contribution in [0.1, 0.15) is 53.9 Å². The molecular weight excluding hydrogens is 442 g/mol. The van der Waals surface area contributed by atoms with E-state index in [-0.39, 0.29) is 30.0 Å². The fraction of sp³-hybridized carbons (Fsp3) is 0.214. The Hall–Kier alpha value is -4.26. The van der Waals surface area contributed by atoms with E-state index in [4.69, 9.17) is 4.74 Å². The maximum Gasteiger partial charge on any atom is 0.358 e. The fourth-order valence-electron chi connectivity index (χ4n) is 3.64. The first-order valence-electron chi connectivity index (χ1n) is 11.3. The molecule has 0 unspecified atom stereocenters. The van der Waals surface area contributed by atoms with Crippen molar-refractivity contribution in [1.29, 1.82) is 0 Å². The molecule has 178 valence electrons. The third kappa shape index (κ3) is 5.81. The number of rotatable bonds is 7. The van der Waals surface area contributed by atoms with E-state index in [9.17, 15) is 14.7 Å². The zero-order valence-electron chi connectivity index (χ0n) is 19.9. The molecule has 0 bridgehead atoms. The Balaban J connectivity index is 1.51. The molecule has 2 N–H and O–H groups in total. The van der Waals surface area contributed by atoms with Gasteiger partial charge in [-0.15, -0.1) is 0 Å². The molecule has 0 aliphatic carbocycles. The Morgan fingerprint density at radius 2 is 1.66 bits per heavy atom. The number of carboxylic acids is 1. The van der Waals surface area contributed by atoms with Gasteiger partial charge in [0, 0.05) is 23.9 Å². The quantitative estimate of drug-likeness (QED) is 0.395. The lowest BCUT2D eigenvalue weighted by Crippen LogP contribution is -2.21. The molecule has 0 aliphatic heterocycles. The van der Waals surface area contributed by atoms with E-state index in [1.165, 1.54) is 5.56 Å². The van der Waals surface area contributed by atoms with Gasteiger partial charge in [0.2, 0.25) is 5.75 Å². The Morgan fingerprint density at radius 3 is 2.26 bits per heavy atom. The molecule has 0 saturated heterocycles. The second-order valence-corrected chi connectivity index (χ2v) is 9.31. The van der Waals surface area contributed by atoms with Crippen molar-refractivity contribution < 1.29 is 14.6 Å². The molecule has 4 aromatic rings. The van der Waals surface area contributed by atoms with Gasteiger partial charge in [0.1, 0.15) is 12.4 Å². The number of aromatic amines is 1. The molecule has 2 heterocycles. The summed E-state index contributed by atoms with van der Waals surface area (Å²) in [5, 5.41) is 9.60. The van der Waals surface area contributed by atoms with Gasteiger partial charge in [-0.1, -0.05) is 81.4 Å². The van der Waals surface area contributed by atoms with Gasteiger partial charge in [0.25, 0.3) is 5.56 Å². The minimum absolute atomic E-state index is 0.0605. The minimum Gasteiger partial charge on any atom is -0.481 e. The average Bonchev–Trinajstić information content (AvgIpc) is 2.84. The number of aromatic nitrogens is 3. The summed E-state index contributed by atoms with van der Waals surface area (Å²) in [6.45, 7) is 6.59. The first kappa shape index (κ1) is 23.9. The van der Waals surface area contributed by atoms with Gasteiger partial charge in [-0.05, 0) is 28.2 Å². The standard InChI is InChI=1S/C28H27N3O4/c1-28(2,3)21-12-9-19(10-13-21)20-11-14-22(29-16-20)15-23-30-24(27(33)34)25(26(32)31-23)35-17-18-7-5-4-6-8-18/h4-14,16H,15,17H2,1-3H3,(H,33,34)(H,30,31,32). The van der Waals surface area contributed by atoms with Crippen LogP contribution in [0.25, 0.3) is 11.1 Å². The van der Waals surface area contributed by atoms with Crippen molar-refractivity contribution in [2.24, 2.45) is 0 Å². The monoisotopic (exact) mass is 469 g/mol. The molecule has 2 aromatic heterocycles. The van der Waals surface area contributed by atoms with Crippen LogP contribution in [-0.2, 0) is 18.4 Å². The number of nitrogens with zero attached hydrogens (tertiary/aromatic N) is 2. The summed E-state index contributed by atoms with van der Waals surface area (Å²) < 4.78 is 5.51. The molecule has 0 amide bonds. The highest BCUT2D eigenvalue weighted by Crippen LogP contribution is 2.26. The lowest BCUT2D eigenvalue weighted by molar-refractivity contribution is 0.0683. The largest absolute Gasteiger partial charge is 0.481 e. The smallest absolute Gasteiger partial charge is 0.358 e. The van der Waals surface area contributed by atoms with Crippen LogP contribution in [0, 0.1) is 0 Å². The molecule has 7 heteroatoms.